The predicted octanol–water partition coefficient (Wildman–Crippen LogP) is 2.17. The molecule has 2 aromatic rings. The van der Waals surface area contributed by atoms with Crippen molar-refractivity contribution >= 4 is 29.2 Å². The summed E-state index contributed by atoms with van der Waals surface area (Å²) in [5, 5.41) is 12.3. The van der Waals surface area contributed by atoms with E-state index >= 15 is 0 Å². The molecule has 2 amide bonds. The van der Waals surface area contributed by atoms with Crippen LogP contribution in [0, 0.1) is 5.92 Å². The minimum absolute atomic E-state index is 0.0906. The Morgan fingerprint density at radius 2 is 2.08 bits per heavy atom. The molecular formula is C16H20ClN5O2. The number of nitrogens with one attached hydrogen (secondary N) is 3. The number of aromatic nitrogens is 3. The Hall–Kier alpha value is -2.41. The number of halogens is 1. The van der Waals surface area contributed by atoms with Crippen LogP contribution in [-0.4, -0.2) is 33.0 Å². The average molecular weight is 350 g/mol. The first-order chi connectivity index (χ1) is 11.5. The van der Waals surface area contributed by atoms with Gasteiger partial charge in [0.1, 0.15) is 11.9 Å². The zero-order valence-electron chi connectivity index (χ0n) is 13.5. The van der Waals surface area contributed by atoms with Crippen LogP contribution in [0.25, 0.3) is 0 Å². The van der Waals surface area contributed by atoms with Crippen LogP contribution in [0.1, 0.15) is 25.8 Å². The molecule has 2 heterocycles. The Balaban J connectivity index is 2.00. The fraction of sp³-hybridized carbons (Fsp3) is 0.375. The van der Waals surface area contributed by atoms with Crippen LogP contribution in [0.2, 0.25) is 5.02 Å². The quantitative estimate of drug-likeness (QED) is 0.713. The molecule has 0 saturated carbocycles. The standard InChI is InChI=1S/C16H20ClN5O2/c1-10(2)7-13(16(24)21-14-4-6-19-22-14)20-15(23)8-11-3-5-18-9-12(11)17/h3-6,9-10,13H,7-8H2,1-2H3,(H,20,23)(H2,19,21,22,24). The summed E-state index contributed by atoms with van der Waals surface area (Å²) in [5.74, 6) is 0.170. The van der Waals surface area contributed by atoms with Crippen LogP contribution < -0.4 is 10.6 Å². The maximum absolute atomic E-state index is 12.4. The van der Waals surface area contributed by atoms with Crippen LogP contribution in [-0.2, 0) is 16.0 Å². The van der Waals surface area contributed by atoms with E-state index in [2.05, 4.69) is 25.8 Å². The molecule has 128 valence electrons. The molecule has 24 heavy (non-hydrogen) atoms. The van der Waals surface area contributed by atoms with E-state index in [1.165, 1.54) is 12.4 Å². The number of hydrogen-bond acceptors (Lipinski definition) is 4. The summed E-state index contributed by atoms with van der Waals surface area (Å²) in [6.07, 6.45) is 5.21. The summed E-state index contributed by atoms with van der Waals surface area (Å²) in [4.78, 5) is 28.5. The lowest BCUT2D eigenvalue weighted by Crippen LogP contribution is -2.45. The molecule has 0 bridgehead atoms. The molecule has 0 saturated heterocycles. The number of anilines is 1. The number of carbonyl (C=O) groups is 2. The Bertz CT molecular complexity index is 688. The second kappa shape index (κ2) is 8.44. The minimum atomic E-state index is -0.638. The Labute approximate surface area is 145 Å². The molecule has 2 rings (SSSR count). The fourth-order valence-electron chi connectivity index (χ4n) is 2.21. The van der Waals surface area contributed by atoms with Crippen molar-refractivity contribution < 1.29 is 9.59 Å². The van der Waals surface area contributed by atoms with E-state index in [4.69, 9.17) is 11.6 Å². The van der Waals surface area contributed by atoms with Gasteiger partial charge in [-0.25, -0.2) is 0 Å². The summed E-state index contributed by atoms with van der Waals surface area (Å²) in [6.45, 7) is 3.98. The highest BCUT2D eigenvalue weighted by molar-refractivity contribution is 6.31. The van der Waals surface area contributed by atoms with Gasteiger partial charge in [0.25, 0.3) is 0 Å². The smallest absolute Gasteiger partial charge is 0.248 e. The number of pyridine rings is 1. The van der Waals surface area contributed by atoms with Crippen molar-refractivity contribution in [2.75, 3.05) is 5.32 Å². The number of aromatic amines is 1. The topological polar surface area (TPSA) is 99.8 Å². The van der Waals surface area contributed by atoms with Crippen molar-refractivity contribution in [1.29, 1.82) is 0 Å². The lowest BCUT2D eigenvalue weighted by Gasteiger charge is -2.20. The average Bonchev–Trinajstić information content (AvgIpc) is 3.01. The Morgan fingerprint density at radius 1 is 1.29 bits per heavy atom. The molecule has 3 N–H and O–H groups in total. The van der Waals surface area contributed by atoms with Crippen molar-refractivity contribution in [2.45, 2.75) is 32.7 Å². The van der Waals surface area contributed by atoms with Crippen LogP contribution in [0.5, 0.6) is 0 Å². The predicted molar refractivity (Wildman–Crippen MR) is 91.6 cm³/mol. The highest BCUT2D eigenvalue weighted by Crippen LogP contribution is 2.14. The molecule has 0 fully saturated rings. The van der Waals surface area contributed by atoms with Crippen LogP contribution in [0.15, 0.2) is 30.7 Å². The minimum Gasteiger partial charge on any atom is -0.344 e. The van der Waals surface area contributed by atoms with Crippen molar-refractivity contribution in [3.63, 3.8) is 0 Å². The highest BCUT2D eigenvalue weighted by Gasteiger charge is 2.22. The first-order valence-electron chi connectivity index (χ1n) is 7.63. The summed E-state index contributed by atoms with van der Waals surface area (Å²) >= 11 is 6.01. The van der Waals surface area contributed by atoms with E-state index in [1.54, 1.807) is 18.3 Å². The number of H-pyrrole nitrogens is 1. The molecule has 0 aliphatic heterocycles. The molecule has 0 aliphatic rings. The summed E-state index contributed by atoms with van der Waals surface area (Å²) in [5.41, 5.74) is 0.668. The molecule has 1 unspecified atom stereocenters. The summed E-state index contributed by atoms with van der Waals surface area (Å²) in [6, 6.07) is 2.69. The van der Waals surface area contributed by atoms with Gasteiger partial charge in [-0.05, 0) is 24.0 Å². The van der Waals surface area contributed by atoms with E-state index in [-0.39, 0.29) is 24.2 Å². The van der Waals surface area contributed by atoms with Crippen molar-refractivity contribution in [1.82, 2.24) is 20.5 Å². The van der Waals surface area contributed by atoms with Gasteiger partial charge in [-0.2, -0.15) is 5.10 Å². The second-order valence-electron chi connectivity index (χ2n) is 5.85. The number of amides is 2. The molecule has 0 aromatic carbocycles. The lowest BCUT2D eigenvalue weighted by atomic mass is 10.0. The monoisotopic (exact) mass is 349 g/mol. The number of carbonyl (C=O) groups excluding carboxylic acids is 2. The summed E-state index contributed by atoms with van der Waals surface area (Å²) < 4.78 is 0. The number of rotatable bonds is 7. The first-order valence-corrected chi connectivity index (χ1v) is 8.01. The maximum Gasteiger partial charge on any atom is 0.248 e. The van der Waals surface area contributed by atoms with Crippen LogP contribution >= 0.6 is 11.6 Å². The van der Waals surface area contributed by atoms with Gasteiger partial charge in [-0.3, -0.25) is 19.7 Å². The van der Waals surface area contributed by atoms with Crippen LogP contribution in [0.3, 0.4) is 0 Å². The highest BCUT2D eigenvalue weighted by atomic mass is 35.5. The molecule has 0 spiro atoms. The number of hydrogen-bond donors (Lipinski definition) is 3. The van der Waals surface area contributed by atoms with Gasteiger partial charge in [0.05, 0.1) is 17.6 Å². The zero-order chi connectivity index (χ0) is 17.5. The van der Waals surface area contributed by atoms with Gasteiger partial charge in [0.15, 0.2) is 0 Å². The third kappa shape index (κ3) is 5.34. The van der Waals surface area contributed by atoms with Gasteiger partial charge in [-0.1, -0.05) is 25.4 Å². The van der Waals surface area contributed by atoms with Gasteiger partial charge in [0, 0.05) is 18.5 Å². The lowest BCUT2D eigenvalue weighted by molar-refractivity contribution is -0.126. The molecule has 0 aliphatic carbocycles. The second-order valence-corrected chi connectivity index (χ2v) is 6.26. The largest absolute Gasteiger partial charge is 0.344 e. The molecule has 7 nitrogen and oxygen atoms in total. The van der Waals surface area contributed by atoms with Gasteiger partial charge >= 0.3 is 0 Å². The molecule has 1 atom stereocenters. The number of nitrogens with zero attached hydrogens (tertiary/aromatic N) is 2. The third-order valence-corrected chi connectivity index (χ3v) is 3.67. The SMILES string of the molecule is CC(C)CC(NC(=O)Cc1ccncc1Cl)C(=O)Nc1ccn[nH]1. The van der Waals surface area contributed by atoms with Crippen molar-refractivity contribution in [3.8, 4) is 0 Å². The van der Waals surface area contributed by atoms with Gasteiger partial charge in [0.2, 0.25) is 11.8 Å². The first kappa shape index (κ1) is 17.9. The maximum atomic E-state index is 12.4. The van der Waals surface area contributed by atoms with Crippen LogP contribution in [0.4, 0.5) is 5.82 Å². The third-order valence-electron chi connectivity index (χ3n) is 3.32. The van der Waals surface area contributed by atoms with Gasteiger partial charge in [-0.15, -0.1) is 0 Å². The zero-order valence-corrected chi connectivity index (χ0v) is 14.3. The van der Waals surface area contributed by atoms with Crippen molar-refractivity contribution in [2.24, 2.45) is 5.92 Å². The van der Waals surface area contributed by atoms with E-state index in [1.807, 2.05) is 13.8 Å². The van der Waals surface area contributed by atoms with E-state index in [0.29, 0.717) is 22.8 Å². The fourth-order valence-corrected chi connectivity index (χ4v) is 2.40. The molecule has 0 radical (unpaired) electrons. The molecular weight excluding hydrogens is 330 g/mol. The van der Waals surface area contributed by atoms with E-state index < -0.39 is 6.04 Å². The Kier molecular flexibility index (Phi) is 6.31. The molecule has 2 aromatic heterocycles. The Morgan fingerprint density at radius 3 is 2.71 bits per heavy atom. The van der Waals surface area contributed by atoms with E-state index in [9.17, 15) is 9.59 Å². The molecule has 8 heteroatoms. The van der Waals surface area contributed by atoms with Gasteiger partial charge < -0.3 is 10.6 Å². The normalized spacial score (nSPS) is 12.0. The van der Waals surface area contributed by atoms with Crippen molar-refractivity contribution in [3.05, 3.63) is 41.3 Å². The van der Waals surface area contributed by atoms with E-state index in [0.717, 1.165) is 0 Å². The summed E-state index contributed by atoms with van der Waals surface area (Å²) in [7, 11) is 0.